The average Bonchev–Trinajstić information content (AvgIpc) is 3.01. The Morgan fingerprint density at radius 3 is 3.17 bits per heavy atom. The monoisotopic (exact) mass is 317 g/mol. The Hall–Kier alpha value is -1.59. The second-order valence-corrected chi connectivity index (χ2v) is 6.68. The molecule has 0 aromatic heterocycles. The van der Waals surface area contributed by atoms with Crippen LogP contribution >= 0.6 is 0 Å². The topological polar surface area (TPSA) is 56.8 Å². The first kappa shape index (κ1) is 15.0. The fourth-order valence-electron chi connectivity index (χ4n) is 4.17. The maximum absolute atomic E-state index is 12.6. The van der Waals surface area contributed by atoms with E-state index in [1.807, 2.05) is 18.2 Å². The van der Waals surface area contributed by atoms with Crippen molar-refractivity contribution in [3.05, 3.63) is 29.3 Å². The molecule has 1 saturated carbocycles. The normalized spacial score (nSPS) is 31.5. The van der Waals surface area contributed by atoms with Crippen LogP contribution in [0.1, 0.15) is 28.8 Å². The molecule has 4 atom stereocenters. The van der Waals surface area contributed by atoms with Crippen molar-refractivity contribution in [1.82, 2.24) is 5.32 Å². The quantitative estimate of drug-likeness (QED) is 0.920. The minimum atomic E-state index is -0.00479. The predicted molar refractivity (Wildman–Crippen MR) is 84.7 cm³/mol. The standard InChI is InChI=1S/C18H23NO4/c1-21-10-14-16(13-6-8-23-17(13)14)19-18(20)12-4-5-15-11(9-12)3-2-7-22-15/h4-5,9,13-14,16-17H,2-3,6-8,10H2,1H3,(H,19,20)/t13-,14+,16-,17-/m0/s1. The molecule has 0 spiro atoms. The van der Waals surface area contributed by atoms with Gasteiger partial charge in [0.25, 0.3) is 5.91 Å². The number of hydrogen-bond acceptors (Lipinski definition) is 4. The number of carbonyl (C=O) groups excluding carboxylic acids is 1. The van der Waals surface area contributed by atoms with E-state index in [0.29, 0.717) is 18.1 Å². The van der Waals surface area contributed by atoms with Gasteiger partial charge in [0.05, 0.1) is 19.3 Å². The highest BCUT2D eigenvalue weighted by Crippen LogP contribution is 2.43. The van der Waals surface area contributed by atoms with E-state index in [0.717, 1.165) is 43.8 Å². The Morgan fingerprint density at radius 2 is 2.30 bits per heavy atom. The summed E-state index contributed by atoms with van der Waals surface area (Å²) in [6.07, 6.45) is 3.26. The largest absolute Gasteiger partial charge is 0.493 e. The number of nitrogens with one attached hydrogen (secondary N) is 1. The van der Waals surface area contributed by atoms with E-state index in [4.69, 9.17) is 14.2 Å². The van der Waals surface area contributed by atoms with E-state index in [1.165, 1.54) is 0 Å². The van der Waals surface area contributed by atoms with Gasteiger partial charge in [-0.05, 0) is 43.0 Å². The molecule has 124 valence electrons. The summed E-state index contributed by atoms with van der Waals surface area (Å²) >= 11 is 0. The molecule has 2 aliphatic heterocycles. The molecular weight excluding hydrogens is 294 g/mol. The van der Waals surface area contributed by atoms with Gasteiger partial charge >= 0.3 is 0 Å². The van der Waals surface area contributed by atoms with Crippen LogP contribution < -0.4 is 10.1 Å². The van der Waals surface area contributed by atoms with E-state index in [1.54, 1.807) is 7.11 Å². The number of rotatable bonds is 4. The molecule has 0 bridgehead atoms. The third-order valence-electron chi connectivity index (χ3n) is 5.36. The first-order valence-electron chi connectivity index (χ1n) is 8.45. The first-order chi connectivity index (χ1) is 11.3. The van der Waals surface area contributed by atoms with Gasteiger partial charge in [0.2, 0.25) is 0 Å². The number of fused-ring (bicyclic) bond motifs is 2. The summed E-state index contributed by atoms with van der Waals surface area (Å²) in [5.41, 5.74) is 1.85. The van der Waals surface area contributed by atoms with Crippen LogP contribution in [-0.2, 0) is 15.9 Å². The maximum atomic E-state index is 12.6. The van der Waals surface area contributed by atoms with Crippen LogP contribution in [0.4, 0.5) is 0 Å². The van der Waals surface area contributed by atoms with Gasteiger partial charge in [-0.25, -0.2) is 0 Å². The van der Waals surface area contributed by atoms with Crippen LogP contribution in [0.15, 0.2) is 18.2 Å². The Labute approximate surface area is 136 Å². The highest BCUT2D eigenvalue weighted by molar-refractivity contribution is 5.95. The Morgan fingerprint density at radius 1 is 1.39 bits per heavy atom. The van der Waals surface area contributed by atoms with E-state index in [9.17, 15) is 4.79 Å². The maximum Gasteiger partial charge on any atom is 0.251 e. The second kappa shape index (κ2) is 6.13. The van der Waals surface area contributed by atoms with E-state index < -0.39 is 0 Å². The number of aryl methyl sites for hydroxylation is 1. The Kier molecular flexibility index (Phi) is 3.99. The first-order valence-corrected chi connectivity index (χ1v) is 8.45. The number of carbonyl (C=O) groups is 1. The molecule has 0 unspecified atom stereocenters. The summed E-state index contributed by atoms with van der Waals surface area (Å²) in [6.45, 7) is 2.19. The minimum Gasteiger partial charge on any atom is -0.493 e. The molecule has 3 aliphatic rings. The summed E-state index contributed by atoms with van der Waals surface area (Å²) in [6, 6.07) is 5.89. The highest BCUT2D eigenvalue weighted by atomic mass is 16.5. The molecule has 1 aliphatic carbocycles. The third kappa shape index (κ3) is 2.62. The van der Waals surface area contributed by atoms with Gasteiger partial charge in [0.15, 0.2) is 0 Å². The zero-order valence-corrected chi connectivity index (χ0v) is 13.4. The van der Waals surface area contributed by atoms with Crippen molar-refractivity contribution in [2.45, 2.75) is 31.4 Å². The SMILES string of the molecule is COC[C@@H]1[C@@H](NC(=O)c2ccc3c(c2)CCCO3)[C@@H]2CCO[C@H]12. The molecule has 1 amide bonds. The van der Waals surface area contributed by atoms with Gasteiger partial charge in [-0.2, -0.15) is 0 Å². The lowest BCUT2D eigenvalue weighted by molar-refractivity contribution is -0.0809. The smallest absolute Gasteiger partial charge is 0.251 e. The van der Waals surface area contributed by atoms with Crippen LogP contribution in [-0.4, -0.2) is 45.0 Å². The number of ether oxygens (including phenoxy) is 3. The van der Waals surface area contributed by atoms with Gasteiger partial charge in [-0.15, -0.1) is 0 Å². The van der Waals surface area contributed by atoms with Crippen LogP contribution in [0.25, 0.3) is 0 Å². The molecule has 5 nitrogen and oxygen atoms in total. The summed E-state index contributed by atoms with van der Waals surface area (Å²) in [7, 11) is 1.70. The predicted octanol–water partition coefficient (Wildman–Crippen LogP) is 1.79. The Balaban J connectivity index is 1.47. The molecule has 5 heteroatoms. The van der Waals surface area contributed by atoms with E-state index in [-0.39, 0.29) is 24.0 Å². The van der Waals surface area contributed by atoms with Crippen molar-refractivity contribution in [2.24, 2.45) is 11.8 Å². The lowest BCUT2D eigenvalue weighted by atomic mass is 9.67. The zero-order chi connectivity index (χ0) is 15.8. The lowest BCUT2D eigenvalue weighted by Gasteiger charge is -2.47. The highest BCUT2D eigenvalue weighted by Gasteiger charge is 2.54. The van der Waals surface area contributed by atoms with E-state index >= 15 is 0 Å². The van der Waals surface area contributed by atoms with Crippen LogP contribution in [0.2, 0.25) is 0 Å². The van der Waals surface area contributed by atoms with E-state index in [2.05, 4.69) is 5.32 Å². The number of amides is 1. The molecule has 1 aromatic carbocycles. The van der Waals surface area contributed by atoms with Crippen molar-refractivity contribution < 1.29 is 19.0 Å². The molecule has 23 heavy (non-hydrogen) atoms. The molecule has 2 fully saturated rings. The number of benzene rings is 1. The number of methoxy groups -OCH3 is 1. The van der Waals surface area contributed by atoms with Crippen molar-refractivity contribution >= 4 is 5.91 Å². The molecular formula is C18H23NO4. The summed E-state index contributed by atoms with van der Waals surface area (Å²) in [5.74, 6) is 1.60. The lowest BCUT2D eigenvalue weighted by Crippen LogP contribution is -2.62. The Bertz CT molecular complexity index is 603. The second-order valence-electron chi connectivity index (χ2n) is 6.68. The molecule has 0 radical (unpaired) electrons. The van der Waals surface area contributed by atoms with Crippen molar-refractivity contribution in [3.8, 4) is 5.75 Å². The minimum absolute atomic E-state index is 0.00479. The molecule has 2 heterocycles. The van der Waals surface area contributed by atoms with Crippen LogP contribution in [0.5, 0.6) is 5.75 Å². The van der Waals surface area contributed by atoms with Gasteiger partial charge < -0.3 is 19.5 Å². The zero-order valence-electron chi connectivity index (χ0n) is 13.4. The molecule has 1 saturated heterocycles. The van der Waals surface area contributed by atoms with Crippen molar-refractivity contribution in [2.75, 3.05) is 26.9 Å². The number of hydrogen-bond donors (Lipinski definition) is 1. The van der Waals surface area contributed by atoms with Gasteiger partial charge in [-0.1, -0.05) is 0 Å². The molecule has 4 rings (SSSR count). The van der Waals surface area contributed by atoms with Crippen LogP contribution in [0.3, 0.4) is 0 Å². The third-order valence-corrected chi connectivity index (χ3v) is 5.36. The van der Waals surface area contributed by atoms with Crippen molar-refractivity contribution in [1.29, 1.82) is 0 Å². The molecule has 1 aromatic rings. The summed E-state index contributed by atoms with van der Waals surface area (Å²) in [5, 5.41) is 3.21. The summed E-state index contributed by atoms with van der Waals surface area (Å²) in [4.78, 5) is 12.6. The average molecular weight is 317 g/mol. The van der Waals surface area contributed by atoms with Gasteiger partial charge in [0, 0.05) is 37.2 Å². The summed E-state index contributed by atoms with van der Waals surface area (Å²) < 4.78 is 16.7. The van der Waals surface area contributed by atoms with Gasteiger partial charge in [0.1, 0.15) is 5.75 Å². The van der Waals surface area contributed by atoms with Crippen LogP contribution in [0, 0.1) is 11.8 Å². The van der Waals surface area contributed by atoms with Gasteiger partial charge in [-0.3, -0.25) is 4.79 Å². The fraction of sp³-hybridized carbons (Fsp3) is 0.611. The fourth-order valence-corrected chi connectivity index (χ4v) is 4.17. The molecule has 1 N–H and O–H groups in total. The van der Waals surface area contributed by atoms with Crippen molar-refractivity contribution in [3.63, 3.8) is 0 Å².